The molecule has 1 atom stereocenters. The van der Waals surface area contributed by atoms with Gasteiger partial charge in [0.15, 0.2) is 6.10 Å². The molecule has 1 aromatic heterocycles. The van der Waals surface area contributed by atoms with E-state index in [2.05, 4.69) is 4.98 Å². The first-order valence-corrected chi connectivity index (χ1v) is 8.01. The number of rotatable bonds is 5. The molecule has 0 saturated carbocycles. The average Bonchev–Trinajstić information content (AvgIpc) is 3.05. The number of aromatic amines is 1. The predicted molar refractivity (Wildman–Crippen MR) is 95.6 cm³/mol. The highest BCUT2D eigenvalue weighted by Gasteiger charge is 2.25. The zero-order chi connectivity index (χ0) is 18.8. The third-order valence-corrected chi connectivity index (χ3v) is 4.22. The molecule has 7 nitrogen and oxygen atoms in total. The summed E-state index contributed by atoms with van der Waals surface area (Å²) in [4.78, 5) is 38.1. The first kappa shape index (κ1) is 17.6. The van der Waals surface area contributed by atoms with E-state index < -0.39 is 22.8 Å². The van der Waals surface area contributed by atoms with Gasteiger partial charge in [-0.3, -0.25) is 14.9 Å². The number of carbonyl (C=O) groups excluding carboxylic acids is 2. The van der Waals surface area contributed by atoms with E-state index in [1.165, 1.54) is 19.1 Å². The summed E-state index contributed by atoms with van der Waals surface area (Å²) in [5.74, 6) is -1.29. The quantitative estimate of drug-likeness (QED) is 0.313. The first-order chi connectivity index (χ1) is 12.4. The molecule has 26 heavy (non-hydrogen) atoms. The number of carbonyl (C=O) groups is 2. The number of fused-ring (bicyclic) bond motifs is 1. The Morgan fingerprint density at radius 1 is 1.19 bits per heavy atom. The van der Waals surface area contributed by atoms with Crippen LogP contribution < -0.4 is 0 Å². The number of benzene rings is 2. The maximum Gasteiger partial charge on any atom is 0.340 e. The Bertz CT molecular complexity index is 1030. The van der Waals surface area contributed by atoms with Crippen LogP contribution in [0, 0.1) is 10.1 Å². The van der Waals surface area contributed by atoms with Crippen molar-refractivity contribution in [2.45, 2.75) is 13.0 Å². The Morgan fingerprint density at radius 2 is 1.92 bits per heavy atom. The SMILES string of the molecule is C[C@@H](OC(=O)c1cc([N+](=O)[O-])ccc1Cl)C(=O)c1c[nH]c2ccccc12. The highest BCUT2D eigenvalue weighted by molar-refractivity contribution is 6.33. The average molecular weight is 373 g/mol. The number of ether oxygens (including phenoxy) is 1. The normalized spacial score (nSPS) is 11.9. The highest BCUT2D eigenvalue weighted by atomic mass is 35.5. The van der Waals surface area contributed by atoms with Crippen LogP contribution in [-0.4, -0.2) is 27.8 Å². The molecule has 0 aliphatic heterocycles. The molecule has 1 heterocycles. The number of hydrogen-bond donors (Lipinski definition) is 1. The van der Waals surface area contributed by atoms with Crippen molar-refractivity contribution in [2.75, 3.05) is 0 Å². The fourth-order valence-electron chi connectivity index (χ4n) is 2.56. The molecule has 0 amide bonds. The molecular weight excluding hydrogens is 360 g/mol. The molecule has 0 unspecified atom stereocenters. The molecule has 3 aromatic rings. The van der Waals surface area contributed by atoms with Crippen LogP contribution >= 0.6 is 11.6 Å². The van der Waals surface area contributed by atoms with Gasteiger partial charge in [-0.25, -0.2) is 4.79 Å². The van der Waals surface area contributed by atoms with E-state index in [1.807, 2.05) is 12.1 Å². The standard InChI is InChI=1S/C18H13ClN2O5/c1-10(17(22)14-9-20-16-5-3-2-4-12(14)16)26-18(23)13-8-11(21(24)25)6-7-15(13)19/h2-10,20H,1H3/t10-/m1/s1. The van der Waals surface area contributed by atoms with Crippen molar-refractivity contribution in [3.05, 3.63) is 74.9 Å². The zero-order valence-electron chi connectivity index (χ0n) is 13.6. The molecule has 0 aliphatic carbocycles. The number of nitrogens with zero attached hydrogens (tertiary/aromatic N) is 1. The Labute approximate surface area is 152 Å². The van der Waals surface area contributed by atoms with Crippen molar-refractivity contribution in [1.29, 1.82) is 0 Å². The number of aromatic nitrogens is 1. The molecule has 0 fully saturated rings. The van der Waals surface area contributed by atoms with Gasteiger partial charge >= 0.3 is 5.97 Å². The Morgan fingerprint density at radius 3 is 2.65 bits per heavy atom. The number of halogens is 1. The minimum atomic E-state index is -1.09. The van der Waals surface area contributed by atoms with Gasteiger partial charge in [-0.1, -0.05) is 29.8 Å². The molecule has 8 heteroatoms. The van der Waals surface area contributed by atoms with Crippen LogP contribution in [0.25, 0.3) is 10.9 Å². The molecule has 132 valence electrons. The minimum absolute atomic E-state index is 0.00680. The van der Waals surface area contributed by atoms with Gasteiger partial charge in [0.2, 0.25) is 5.78 Å². The second-order valence-corrected chi connectivity index (χ2v) is 5.99. The zero-order valence-corrected chi connectivity index (χ0v) is 14.3. The van der Waals surface area contributed by atoms with E-state index in [-0.39, 0.29) is 16.3 Å². The van der Waals surface area contributed by atoms with Gasteiger partial charge < -0.3 is 9.72 Å². The number of ketones is 1. The molecule has 0 bridgehead atoms. The van der Waals surface area contributed by atoms with Crippen molar-refractivity contribution >= 4 is 39.9 Å². The monoisotopic (exact) mass is 372 g/mol. The molecule has 0 aliphatic rings. The summed E-state index contributed by atoms with van der Waals surface area (Å²) in [6.07, 6.45) is 0.467. The molecule has 0 radical (unpaired) electrons. The maximum atomic E-state index is 12.6. The Hall–Kier alpha value is -3.19. The Balaban J connectivity index is 1.82. The molecule has 1 N–H and O–H groups in total. The number of non-ortho nitro benzene ring substituents is 1. The second kappa shape index (κ2) is 6.97. The largest absolute Gasteiger partial charge is 0.451 e. The smallest absolute Gasteiger partial charge is 0.340 e. The van der Waals surface area contributed by atoms with Crippen LogP contribution in [0.5, 0.6) is 0 Å². The van der Waals surface area contributed by atoms with E-state index in [4.69, 9.17) is 16.3 Å². The summed E-state index contributed by atoms with van der Waals surface area (Å²) in [7, 11) is 0. The number of para-hydroxylation sites is 1. The number of nitrogens with one attached hydrogen (secondary N) is 1. The topological polar surface area (TPSA) is 102 Å². The lowest BCUT2D eigenvalue weighted by Crippen LogP contribution is -2.24. The van der Waals surface area contributed by atoms with Crippen molar-refractivity contribution in [3.63, 3.8) is 0 Å². The number of H-pyrrole nitrogens is 1. The predicted octanol–water partition coefficient (Wildman–Crippen LogP) is 4.16. The number of nitro groups is 1. The third-order valence-electron chi connectivity index (χ3n) is 3.89. The molecule has 3 rings (SSSR count). The summed E-state index contributed by atoms with van der Waals surface area (Å²) in [6, 6.07) is 10.7. The van der Waals surface area contributed by atoms with Gasteiger partial charge in [-0.05, 0) is 19.1 Å². The highest BCUT2D eigenvalue weighted by Crippen LogP contribution is 2.24. The van der Waals surface area contributed by atoms with Crippen molar-refractivity contribution in [3.8, 4) is 0 Å². The first-order valence-electron chi connectivity index (χ1n) is 7.63. The van der Waals surface area contributed by atoms with E-state index >= 15 is 0 Å². The van der Waals surface area contributed by atoms with E-state index in [9.17, 15) is 19.7 Å². The number of hydrogen-bond acceptors (Lipinski definition) is 5. The molecule has 2 aromatic carbocycles. The third kappa shape index (κ3) is 3.29. The van der Waals surface area contributed by atoms with Crippen molar-refractivity contribution in [1.82, 2.24) is 4.98 Å². The van der Waals surface area contributed by atoms with Crippen LogP contribution in [0.4, 0.5) is 5.69 Å². The molecular formula is C18H13ClN2O5. The maximum absolute atomic E-state index is 12.6. The molecule has 0 spiro atoms. The van der Waals surface area contributed by atoms with Crippen LogP contribution in [-0.2, 0) is 4.74 Å². The lowest BCUT2D eigenvalue weighted by Gasteiger charge is -2.12. The van der Waals surface area contributed by atoms with E-state index in [0.717, 1.165) is 11.6 Å². The molecule has 0 saturated heterocycles. The van der Waals surface area contributed by atoms with Gasteiger partial charge in [0.05, 0.1) is 15.5 Å². The lowest BCUT2D eigenvalue weighted by atomic mass is 10.1. The van der Waals surface area contributed by atoms with Crippen LogP contribution in [0.15, 0.2) is 48.7 Å². The van der Waals surface area contributed by atoms with E-state index in [0.29, 0.717) is 10.9 Å². The number of nitro benzene ring substituents is 1. The summed E-state index contributed by atoms with van der Waals surface area (Å²) in [6.45, 7) is 1.44. The van der Waals surface area contributed by atoms with Gasteiger partial charge in [-0.15, -0.1) is 0 Å². The van der Waals surface area contributed by atoms with Gasteiger partial charge in [-0.2, -0.15) is 0 Å². The minimum Gasteiger partial charge on any atom is -0.451 e. The second-order valence-electron chi connectivity index (χ2n) is 5.58. The van der Waals surface area contributed by atoms with Crippen molar-refractivity contribution < 1.29 is 19.2 Å². The Kier molecular flexibility index (Phi) is 4.73. The summed E-state index contributed by atoms with van der Waals surface area (Å²) in [5.41, 5.74) is 0.721. The lowest BCUT2D eigenvalue weighted by molar-refractivity contribution is -0.384. The number of Topliss-reactive ketones (excluding diaryl/α,β-unsaturated/α-hetero) is 1. The van der Waals surface area contributed by atoms with E-state index in [1.54, 1.807) is 18.3 Å². The van der Waals surface area contributed by atoms with Gasteiger partial charge in [0, 0.05) is 34.8 Å². The fourth-order valence-corrected chi connectivity index (χ4v) is 2.75. The summed E-state index contributed by atoms with van der Waals surface area (Å²) in [5, 5.41) is 11.6. The van der Waals surface area contributed by atoms with Crippen molar-refractivity contribution in [2.24, 2.45) is 0 Å². The number of esters is 1. The summed E-state index contributed by atoms with van der Waals surface area (Å²) >= 11 is 5.92. The fraction of sp³-hybridized carbons (Fsp3) is 0.111. The van der Waals surface area contributed by atoms with Crippen LogP contribution in [0.1, 0.15) is 27.6 Å². The van der Waals surface area contributed by atoms with Crippen LogP contribution in [0.2, 0.25) is 5.02 Å². The van der Waals surface area contributed by atoms with Gasteiger partial charge in [0.25, 0.3) is 5.69 Å². The van der Waals surface area contributed by atoms with Crippen LogP contribution in [0.3, 0.4) is 0 Å². The van der Waals surface area contributed by atoms with Gasteiger partial charge in [0.1, 0.15) is 0 Å². The summed E-state index contributed by atoms with van der Waals surface area (Å²) < 4.78 is 5.18.